The number of carbonyl (C=O) groups excluding carboxylic acids is 6. The molecule has 1 aromatic rings. The topological polar surface area (TPSA) is 198 Å². The molecule has 0 saturated carbocycles. The number of hydrogen-bond acceptors (Lipinski definition) is 7. The fraction of sp³-hybridized carbons (Fsp3) is 0.556. The van der Waals surface area contributed by atoms with E-state index in [1.165, 1.54) is 6.92 Å². The van der Waals surface area contributed by atoms with E-state index in [2.05, 4.69) is 26.6 Å². The van der Waals surface area contributed by atoms with Gasteiger partial charge in [-0.1, -0.05) is 48.6 Å². The third-order valence-electron chi connectivity index (χ3n) is 5.81. The molecular weight excluding hydrogens is 647 g/mol. The fourth-order valence-electron chi connectivity index (χ4n) is 3.61. The predicted molar refractivity (Wildman–Crippen MR) is 162 cm³/mol. The van der Waals surface area contributed by atoms with E-state index in [1.54, 1.807) is 38.1 Å². The van der Waals surface area contributed by atoms with Gasteiger partial charge in [-0.15, -0.1) is 0 Å². The molecule has 13 nitrogen and oxygen atoms in total. The molecule has 7 N–H and O–H groups in total. The summed E-state index contributed by atoms with van der Waals surface area (Å²) in [6.07, 6.45) is 1.91. The molecule has 14 heteroatoms. The van der Waals surface area contributed by atoms with Crippen LogP contribution in [-0.2, 0) is 35.3 Å². The van der Waals surface area contributed by atoms with Gasteiger partial charge in [0.15, 0.2) is 0 Å². The molecule has 0 fully saturated rings. The van der Waals surface area contributed by atoms with Gasteiger partial charge >= 0.3 is 12.0 Å². The minimum Gasteiger partial charge on any atom is -0.461 e. The SMILES string of the molecule is CC(=O)OCc1ccc(NC(=O)[C@@H](CCCNC(N)=O)NC(=O)[C@H](NC(=O)CCCCNC(=O)CI)C(C)C)cc1. The van der Waals surface area contributed by atoms with Crippen molar-refractivity contribution in [2.75, 3.05) is 22.8 Å². The highest BCUT2D eigenvalue weighted by Gasteiger charge is 2.28. The Morgan fingerprint density at radius 1 is 0.878 bits per heavy atom. The lowest BCUT2D eigenvalue weighted by atomic mass is 10.0. The molecule has 6 amide bonds. The van der Waals surface area contributed by atoms with Crippen LogP contribution in [0, 0.1) is 5.92 Å². The van der Waals surface area contributed by atoms with E-state index in [0.29, 0.717) is 35.9 Å². The smallest absolute Gasteiger partial charge is 0.312 e. The zero-order valence-electron chi connectivity index (χ0n) is 23.7. The van der Waals surface area contributed by atoms with Crippen LogP contribution in [0.15, 0.2) is 24.3 Å². The molecule has 0 heterocycles. The van der Waals surface area contributed by atoms with Gasteiger partial charge in [0, 0.05) is 32.1 Å². The van der Waals surface area contributed by atoms with E-state index >= 15 is 0 Å². The van der Waals surface area contributed by atoms with Crippen molar-refractivity contribution >= 4 is 63.9 Å². The average Bonchev–Trinajstić information content (AvgIpc) is 2.92. The maximum Gasteiger partial charge on any atom is 0.312 e. The quantitative estimate of drug-likeness (QED) is 0.0581. The first kappa shape index (κ1) is 35.6. The van der Waals surface area contributed by atoms with Crippen molar-refractivity contribution in [3.05, 3.63) is 29.8 Å². The summed E-state index contributed by atoms with van der Waals surface area (Å²) in [7, 11) is 0. The molecule has 0 aliphatic rings. The van der Waals surface area contributed by atoms with Crippen molar-refractivity contribution in [1.82, 2.24) is 21.3 Å². The van der Waals surface area contributed by atoms with Gasteiger partial charge in [0.05, 0.1) is 4.43 Å². The standard InChI is InChI=1S/C27H41IN6O7/c1-17(2)24(34-22(36)8-4-5-13-30-23(37)15-28)26(39)33-21(7-6-14-31-27(29)40)25(38)32-20-11-9-19(10-12-20)16-41-18(3)35/h9-12,17,21,24H,4-8,13-16H2,1-3H3,(H,30,37)(H,32,38)(H,33,39)(H,34,36)(H3,29,31,40)/t21-,24-/m1/s1. The minimum atomic E-state index is -0.961. The van der Waals surface area contributed by atoms with Crippen LogP contribution in [-0.4, -0.2) is 65.2 Å². The van der Waals surface area contributed by atoms with Crippen LogP contribution < -0.4 is 32.3 Å². The number of nitrogens with two attached hydrogens (primary N) is 1. The van der Waals surface area contributed by atoms with Gasteiger partial charge in [-0.25, -0.2) is 4.79 Å². The maximum atomic E-state index is 13.2. The number of carbonyl (C=O) groups is 6. The van der Waals surface area contributed by atoms with Gasteiger partial charge in [0.25, 0.3) is 0 Å². The van der Waals surface area contributed by atoms with E-state index in [0.717, 1.165) is 5.56 Å². The van der Waals surface area contributed by atoms with E-state index in [1.807, 2.05) is 22.6 Å². The van der Waals surface area contributed by atoms with Crippen molar-refractivity contribution in [2.45, 2.75) is 71.6 Å². The summed E-state index contributed by atoms with van der Waals surface area (Å²) in [5.41, 5.74) is 6.32. The van der Waals surface area contributed by atoms with Crippen molar-refractivity contribution < 1.29 is 33.5 Å². The summed E-state index contributed by atoms with van der Waals surface area (Å²) in [4.78, 5) is 72.2. The Morgan fingerprint density at radius 2 is 1.54 bits per heavy atom. The van der Waals surface area contributed by atoms with E-state index < -0.39 is 35.9 Å². The number of unbranched alkanes of at least 4 members (excludes halogenated alkanes) is 1. The van der Waals surface area contributed by atoms with Crippen LogP contribution >= 0.6 is 22.6 Å². The predicted octanol–water partition coefficient (Wildman–Crippen LogP) is 1.48. The second-order valence-corrected chi connectivity index (χ2v) is 10.5. The van der Waals surface area contributed by atoms with Gasteiger partial charge in [0.2, 0.25) is 23.6 Å². The Balaban J connectivity index is 2.81. The van der Waals surface area contributed by atoms with Crippen LogP contribution in [0.3, 0.4) is 0 Å². The molecule has 1 rings (SSSR count). The zero-order valence-corrected chi connectivity index (χ0v) is 25.9. The first-order valence-electron chi connectivity index (χ1n) is 13.4. The Labute approximate surface area is 254 Å². The molecule has 0 saturated heterocycles. The molecule has 0 aromatic heterocycles. The molecule has 1 aromatic carbocycles. The van der Waals surface area contributed by atoms with Crippen LogP contribution in [0.4, 0.5) is 10.5 Å². The van der Waals surface area contributed by atoms with Crippen molar-refractivity contribution in [1.29, 1.82) is 0 Å². The van der Waals surface area contributed by atoms with Crippen LogP contribution in [0.1, 0.15) is 58.4 Å². The number of rotatable bonds is 18. The zero-order chi connectivity index (χ0) is 30.8. The number of anilines is 1. The van der Waals surface area contributed by atoms with Crippen LogP contribution in [0.5, 0.6) is 0 Å². The average molecular weight is 689 g/mol. The Morgan fingerprint density at radius 3 is 2.12 bits per heavy atom. The molecule has 2 atom stereocenters. The molecule has 0 aliphatic carbocycles. The molecule has 0 aliphatic heterocycles. The highest BCUT2D eigenvalue weighted by atomic mass is 127. The summed E-state index contributed by atoms with van der Waals surface area (Å²) in [5.74, 6) is -2.02. The lowest BCUT2D eigenvalue weighted by molar-refractivity contribution is -0.142. The summed E-state index contributed by atoms with van der Waals surface area (Å²) in [6, 6.07) is 4.16. The number of alkyl halides is 1. The number of benzene rings is 1. The number of nitrogens with one attached hydrogen (secondary N) is 5. The third-order valence-corrected chi connectivity index (χ3v) is 6.50. The molecule has 0 unspecified atom stereocenters. The molecular formula is C27H41IN6O7. The Kier molecular flexibility index (Phi) is 17.0. The second-order valence-electron chi connectivity index (χ2n) is 9.69. The number of amides is 6. The summed E-state index contributed by atoms with van der Waals surface area (Å²) >= 11 is 1.97. The first-order chi connectivity index (χ1) is 19.4. The number of hydrogen-bond donors (Lipinski definition) is 6. The molecule has 41 heavy (non-hydrogen) atoms. The van der Waals surface area contributed by atoms with Crippen molar-refractivity contribution in [3.8, 4) is 0 Å². The van der Waals surface area contributed by atoms with Crippen LogP contribution in [0.25, 0.3) is 0 Å². The largest absolute Gasteiger partial charge is 0.461 e. The normalized spacial score (nSPS) is 12.0. The summed E-state index contributed by atoms with van der Waals surface area (Å²) in [6.45, 7) is 5.67. The van der Waals surface area contributed by atoms with E-state index in [4.69, 9.17) is 10.5 Å². The highest BCUT2D eigenvalue weighted by Crippen LogP contribution is 2.13. The van der Waals surface area contributed by atoms with Gasteiger partial charge in [-0.3, -0.25) is 24.0 Å². The third kappa shape index (κ3) is 15.8. The first-order valence-corrected chi connectivity index (χ1v) is 14.9. The Bertz CT molecular complexity index is 1040. The second kappa shape index (κ2) is 19.6. The molecule has 0 spiro atoms. The van der Waals surface area contributed by atoms with Crippen molar-refractivity contribution in [3.63, 3.8) is 0 Å². The number of ether oxygens (including phenoxy) is 1. The number of halogens is 1. The molecule has 0 radical (unpaired) electrons. The Hall–Kier alpha value is -3.43. The van der Waals surface area contributed by atoms with Gasteiger partial charge in [-0.05, 0) is 49.3 Å². The summed E-state index contributed by atoms with van der Waals surface area (Å²) in [5, 5.41) is 13.4. The van der Waals surface area contributed by atoms with E-state index in [-0.39, 0.29) is 43.7 Å². The van der Waals surface area contributed by atoms with Crippen LogP contribution in [0.2, 0.25) is 0 Å². The lowest BCUT2D eigenvalue weighted by Gasteiger charge is -2.25. The highest BCUT2D eigenvalue weighted by molar-refractivity contribution is 14.1. The molecule has 228 valence electrons. The van der Waals surface area contributed by atoms with Crippen molar-refractivity contribution in [2.24, 2.45) is 11.7 Å². The monoisotopic (exact) mass is 688 g/mol. The van der Waals surface area contributed by atoms with Gasteiger partial charge < -0.3 is 37.1 Å². The molecule has 0 bridgehead atoms. The van der Waals surface area contributed by atoms with Gasteiger partial charge in [-0.2, -0.15) is 0 Å². The van der Waals surface area contributed by atoms with Gasteiger partial charge in [0.1, 0.15) is 18.7 Å². The summed E-state index contributed by atoms with van der Waals surface area (Å²) < 4.78 is 5.33. The fourth-order valence-corrected chi connectivity index (χ4v) is 3.88. The number of esters is 1. The van der Waals surface area contributed by atoms with E-state index in [9.17, 15) is 28.8 Å². The number of urea groups is 1. The maximum absolute atomic E-state index is 13.2. The number of primary amides is 1. The minimum absolute atomic E-state index is 0.0631. The lowest BCUT2D eigenvalue weighted by Crippen LogP contribution is -2.54.